The van der Waals surface area contributed by atoms with Crippen LogP contribution >= 0.6 is 0 Å². The summed E-state index contributed by atoms with van der Waals surface area (Å²) < 4.78 is 5.73. The van der Waals surface area contributed by atoms with Crippen molar-refractivity contribution >= 4 is 6.09 Å². The summed E-state index contributed by atoms with van der Waals surface area (Å²) in [6, 6.07) is 10.2. The number of carbonyl (C=O) groups is 1. The molecule has 5 nitrogen and oxygen atoms in total. The molecule has 1 saturated heterocycles. The monoisotopic (exact) mass is 389 g/mol. The van der Waals surface area contributed by atoms with Gasteiger partial charge >= 0.3 is 6.09 Å². The number of rotatable bonds is 8. The zero-order valence-corrected chi connectivity index (χ0v) is 16.8. The molecule has 156 valence electrons. The maximum atomic E-state index is 13.1. The average molecular weight is 390 g/mol. The zero-order valence-electron chi connectivity index (χ0n) is 16.8. The largest absolute Gasteiger partial charge is 0.445 e. The van der Waals surface area contributed by atoms with Gasteiger partial charge in [0.1, 0.15) is 6.61 Å². The number of hydrogen-bond acceptors (Lipinski definition) is 4. The van der Waals surface area contributed by atoms with Crippen LogP contribution in [0.1, 0.15) is 63.4 Å². The summed E-state index contributed by atoms with van der Waals surface area (Å²) in [6.45, 7) is 0.709. The second-order valence-electron chi connectivity index (χ2n) is 8.33. The fourth-order valence-electron chi connectivity index (χ4n) is 5.30. The molecule has 0 bridgehead atoms. The zero-order chi connectivity index (χ0) is 19.8. The molecule has 2 aliphatic rings. The highest BCUT2D eigenvalue weighted by Crippen LogP contribution is 2.44. The molecule has 5 heteroatoms. The molecular formula is C23H35NO4. The van der Waals surface area contributed by atoms with Crippen LogP contribution in [0.3, 0.4) is 0 Å². The first-order valence-electron chi connectivity index (χ1n) is 10.9. The Balaban J connectivity index is 1.70. The summed E-state index contributed by atoms with van der Waals surface area (Å²) in [6.07, 6.45) is 8.74. The minimum atomic E-state index is -0.204. The van der Waals surface area contributed by atoms with Crippen molar-refractivity contribution in [3.8, 4) is 0 Å². The van der Waals surface area contributed by atoms with Gasteiger partial charge in [-0.25, -0.2) is 4.79 Å². The van der Waals surface area contributed by atoms with E-state index in [4.69, 9.17) is 4.74 Å². The Morgan fingerprint density at radius 2 is 1.75 bits per heavy atom. The molecule has 1 aliphatic heterocycles. The summed E-state index contributed by atoms with van der Waals surface area (Å²) in [7, 11) is 0. The highest BCUT2D eigenvalue weighted by Gasteiger charge is 2.44. The highest BCUT2D eigenvalue weighted by atomic mass is 16.6. The van der Waals surface area contributed by atoms with E-state index >= 15 is 0 Å². The van der Waals surface area contributed by atoms with E-state index in [1.807, 2.05) is 35.2 Å². The summed E-state index contributed by atoms with van der Waals surface area (Å²) >= 11 is 0. The Morgan fingerprint density at radius 1 is 1.00 bits per heavy atom. The molecule has 1 aliphatic carbocycles. The smallest absolute Gasteiger partial charge is 0.410 e. The Labute approximate surface area is 168 Å². The predicted octanol–water partition coefficient (Wildman–Crippen LogP) is 4.12. The third kappa shape index (κ3) is 5.26. The van der Waals surface area contributed by atoms with Gasteiger partial charge in [0.05, 0.1) is 0 Å². The predicted molar refractivity (Wildman–Crippen MR) is 109 cm³/mol. The van der Waals surface area contributed by atoms with Crippen LogP contribution in [0.2, 0.25) is 0 Å². The number of nitrogens with zero attached hydrogens (tertiary/aromatic N) is 1. The number of amides is 1. The van der Waals surface area contributed by atoms with Crippen LogP contribution in [0.5, 0.6) is 0 Å². The van der Waals surface area contributed by atoms with E-state index in [-0.39, 0.29) is 31.4 Å². The third-order valence-corrected chi connectivity index (χ3v) is 6.60. The van der Waals surface area contributed by atoms with Gasteiger partial charge in [-0.1, -0.05) is 43.2 Å². The van der Waals surface area contributed by atoms with Crippen molar-refractivity contribution in [1.29, 1.82) is 0 Å². The molecule has 0 aromatic heterocycles. The molecule has 28 heavy (non-hydrogen) atoms. The fourth-order valence-corrected chi connectivity index (χ4v) is 5.30. The standard InChI is InChI=1S/C23H35NO4/c25-15-5-10-19-9-4-12-22-21(19)14-13-20(11-6-16-26)24(22)23(27)28-17-18-7-2-1-3-8-18/h1-3,7-8,19-22,25-26H,4-6,9-17H2/t19-,20-,21?,22+/m1/s1. The van der Waals surface area contributed by atoms with E-state index in [9.17, 15) is 15.0 Å². The molecule has 0 spiro atoms. The molecule has 1 amide bonds. The number of aliphatic hydroxyl groups is 2. The number of aliphatic hydroxyl groups excluding tert-OH is 2. The molecule has 2 fully saturated rings. The van der Waals surface area contributed by atoms with Gasteiger partial charge in [-0.05, 0) is 62.3 Å². The lowest BCUT2D eigenvalue weighted by atomic mass is 9.68. The Bertz CT molecular complexity index is 594. The third-order valence-electron chi connectivity index (χ3n) is 6.60. The van der Waals surface area contributed by atoms with Crippen LogP contribution < -0.4 is 0 Å². The molecule has 1 unspecified atom stereocenters. The molecule has 2 N–H and O–H groups in total. The minimum absolute atomic E-state index is 0.160. The molecule has 3 rings (SSSR count). The Morgan fingerprint density at radius 3 is 2.50 bits per heavy atom. The summed E-state index contributed by atoms with van der Waals surface area (Å²) in [5, 5.41) is 18.5. The summed E-state index contributed by atoms with van der Waals surface area (Å²) in [5.74, 6) is 1.10. The molecule has 1 saturated carbocycles. The number of benzene rings is 1. The van der Waals surface area contributed by atoms with E-state index in [1.54, 1.807) is 0 Å². The van der Waals surface area contributed by atoms with Gasteiger partial charge < -0.3 is 19.8 Å². The average Bonchev–Trinajstić information content (AvgIpc) is 2.74. The minimum Gasteiger partial charge on any atom is -0.445 e. The van der Waals surface area contributed by atoms with E-state index in [1.165, 1.54) is 6.42 Å². The van der Waals surface area contributed by atoms with Crippen molar-refractivity contribution in [3.05, 3.63) is 35.9 Å². The van der Waals surface area contributed by atoms with Crippen LogP contribution in [0.15, 0.2) is 30.3 Å². The number of hydrogen-bond donors (Lipinski definition) is 2. The van der Waals surface area contributed by atoms with E-state index < -0.39 is 0 Å². The van der Waals surface area contributed by atoms with Gasteiger partial charge in [-0.3, -0.25) is 0 Å². The SMILES string of the molecule is O=C(OCc1ccccc1)N1[C@H](CCCO)CCC2[C@@H](CCCO)CCC[C@@H]21. The second kappa shape index (κ2) is 10.8. The highest BCUT2D eigenvalue weighted by molar-refractivity contribution is 5.69. The lowest BCUT2D eigenvalue weighted by Crippen LogP contribution is -2.56. The first kappa shape index (κ1) is 21.1. The van der Waals surface area contributed by atoms with Crippen LogP contribution in [0.4, 0.5) is 4.79 Å². The number of fused-ring (bicyclic) bond motifs is 1. The van der Waals surface area contributed by atoms with Gasteiger partial charge in [0.15, 0.2) is 0 Å². The van der Waals surface area contributed by atoms with Crippen LogP contribution in [0.25, 0.3) is 0 Å². The van der Waals surface area contributed by atoms with E-state index in [2.05, 4.69) is 0 Å². The van der Waals surface area contributed by atoms with E-state index in [0.29, 0.717) is 18.4 Å². The van der Waals surface area contributed by atoms with Crippen molar-refractivity contribution in [2.24, 2.45) is 11.8 Å². The maximum absolute atomic E-state index is 13.1. The number of carbonyl (C=O) groups excluding carboxylic acids is 1. The van der Waals surface area contributed by atoms with Gasteiger partial charge in [-0.15, -0.1) is 0 Å². The topological polar surface area (TPSA) is 70.0 Å². The lowest BCUT2D eigenvalue weighted by molar-refractivity contribution is -0.0207. The van der Waals surface area contributed by atoms with Crippen molar-refractivity contribution in [2.75, 3.05) is 13.2 Å². The van der Waals surface area contributed by atoms with Gasteiger partial charge in [-0.2, -0.15) is 0 Å². The van der Waals surface area contributed by atoms with Crippen molar-refractivity contribution in [2.45, 2.75) is 76.5 Å². The van der Waals surface area contributed by atoms with Crippen LogP contribution in [-0.4, -0.2) is 46.5 Å². The molecule has 4 atom stereocenters. The normalized spacial score (nSPS) is 27.3. The van der Waals surface area contributed by atoms with Gasteiger partial charge in [0.2, 0.25) is 0 Å². The Hall–Kier alpha value is -1.59. The molecular weight excluding hydrogens is 354 g/mol. The second-order valence-corrected chi connectivity index (χ2v) is 8.33. The van der Waals surface area contributed by atoms with Crippen molar-refractivity contribution < 1.29 is 19.7 Å². The van der Waals surface area contributed by atoms with Crippen molar-refractivity contribution in [1.82, 2.24) is 4.90 Å². The number of likely N-dealkylation sites (tertiary alicyclic amines) is 1. The molecule has 1 heterocycles. The van der Waals surface area contributed by atoms with Crippen molar-refractivity contribution in [3.63, 3.8) is 0 Å². The van der Waals surface area contributed by atoms with Gasteiger partial charge in [0, 0.05) is 25.3 Å². The molecule has 1 aromatic rings. The lowest BCUT2D eigenvalue weighted by Gasteiger charge is -2.51. The fraction of sp³-hybridized carbons (Fsp3) is 0.696. The molecule has 0 radical (unpaired) electrons. The van der Waals surface area contributed by atoms with Crippen LogP contribution in [0, 0.1) is 11.8 Å². The first-order chi connectivity index (χ1) is 13.7. The first-order valence-corrected chi connectivity index (χ1v) is 10.9. The maximum Gasteiger partial charge on any atom is 0.410 e. The number of piperidine rings is 1. The van der Waals surface area contributed by atoms with E-state index in [0.717, 1.165) is 56.9 Å². The Kier molecular flexibility index (Phi) is 8.16. The quantitative estimate of drug-likeness (QED) is 0.702. The number of ether oxygens (including phenoxy) is 1. The van der Waals surface area contributed by atoms with Gasteiger partial charge in [0.25, 0.3) is 0 Å². The summed E-state index contributed by atoms with van der Waals surface area (Å²) in [4.78, 5) is 15.1. The summed E-state index contributed by atoms with van der Waals surface area (Å²) in [5.41, 5.74) is 1.00. The van der Waals surface area contributed by atoms with Crippen LogP contribution in [-0.2, 0) is 11.3 Å². The molecule has 1 aromatic carbocycles.